The molecule has 21 heavy (non-hydrogen) atoms. The Kier molecular flexibility index (Phi) is 4.36. The van der Waals surface area contributed by atoms with Crippen molar-refractivity contribution in [2.45, 2.75) is 76.4 Å². The van der Waals surface area contributed by atoms with Gasteiger partial charge in [0.25, 0.3) is 0 Å². The Balaban J connectivity index is 1.50. The van der Waals surface area contributed by atoms with Crippen LogP contribution >= 0.6 is 0 Å². The molecule has 0 aromatic rings. The van der Waals surface area contributed by atoms with E-state index in [-0.39, 0.29) is 0 Å². The predicted octanol–water partition coefficient (Wildman–Crippen LogP) is 4.16. The minimum Gasteiger partial charge on any atom is -0.372 e. The van der Waals surface area contributed by atoms with Crippen molar-refractivity contribution in [3.63, 3.8) is 0 Å². The average molecular weight is 289 g/mol. The molecule has 2 aliphatic carbocycles. The lowest BCUT2D eigenvalue weighted by atomic mass is 9.69. The van der Waals surface area contributed by atoms with Gasteiger partial charge < -0.3 is 9.64 Å². The molecule has 0 radical (unpaired) electrons. The van der Waals surface area contributed by atoms with Gasteiger partial charge in [-0.3, -0.25) is 0 Å². The molecule has 4 rings (SSSR count). The van der Waals surface area contributed by atoms with E-state index in [9.17, 15) is 0 Å². The van der Waals surface area contributed by atoms with Crippen molar-refractivity contribution >= 4 is 0 Å². The lowest BCUT2D eigenvalue weighted by Gasteiger charge is -2.48. The van der Waals surface area contributed by atoms with E-state index >= 15 is 0 Å². The zero-order valence-electron chi connectivity index (χ0n) is 13.4. The van der Waals surface area contributed by atoms with Gasteiger partial charge >= 0.3 is 0 Å². The first kappa shape index (κ1) is 14.3. The van der Waals surface area contributed by atoms with Crippen LogP contribution < -0.4 is 0 Å². The molecule has 4 aliphatic rings. The quantitative estimate of drug-likeness (QED) is 0.708. The normalized spacial score (nSPS) is 41.0. The van der Waals surface area contributed by atoms with E-state index in [1.54, 1.807) is 0 Å². The largest absolute Gasteiger partial charge is 0.372 e. The number of likely N-dealkylation sites (tertiary alicyclic amines) is 1. The highest BCUT2D eigenvalue weighted by Crippen LogP contribution is 2.46. The number of hydrogen-bond donors (Lipinski definition) is 0. The van der Waals surface area contributed by atoms with E-state index in [1.807, 2.05) is 5.57 Å². The van der Waals surface area contributed by atoms with Crippen LogP contribution in [0.2, 0.25) is 0 Å². The van der Waals surface area contributed by atoms with Crippen molar-refractivity contribution in [2.75, 3.05) is 19.6 Å². The Morgan fingerprint density at radius 2 is 1.71 bits per heavy atom. The van der Waals surface area contributed by atoms with Crippen molar-refractivity contribution in [3.8, 4) is 0 Å². The zero-order chi connectivity index (χ0) is 14.1. The number of allylic oxidation sites excluding steroid dienone is 1. The van der Waals surface area contributed by atoms with Crippen LogP contribution in [0.15, 0.2) is 11.6 Å². The van der Waals surface area contributed by atoms with Gasteiger partial charge in [0, 0.05) is 18.4 Å². The van der Waals surface area contributed by atoms with Crippen LogP contribution in [0.3, 0.4) is 0 Å². The van der Waals surface area contributed by atoms with Crippen molar-refractivity contribution in [1.82, 2.24) is 4.90 Å². The maximum absolute atomic E-state index is 6.68. The van der Waals surface area contributed by atoms with Crippen LogP contribution in [0, 0.1) is 11.8 Å². The summed E-state index contributed by atoms with van der Waals surface area (Å²) in [5, 5.41) is 0. The van der Waals surface area contributed by atoms with Gasteiger partial charge in [-0.2, -0.15) is 0 Å². The molecule has 0 amide bonds. The first-order valence-corrected chi connectivity index (χ1v) is 9.49. The minimum absolute atomic E-state index is 0.494. The van der Waals surface area contributed by atoms with Crippen molar-refractivity contribution in [2.24, 2.45) is 11.8 Å². The van der Waals surface area contributed by atoms with Gasteiger partial charge in [-0.1, -0.05) is 30.9 Å². The Morgan fingerprint density at radius 3 is 2.62 bits per heavy atom. The maximum Gasteiger partial charge on any atom is 0.0771 e. The summed E-state index contributed by atoms with van der Waals surface area (Å²) in [4.78, 5) is 2.68. The lowest BCUT2D eigenvalue weighted by molar-refractivity contribution is -0.114. The zero-order valence-corrected chi connectivity index (χ0v) is 13.4. The van der Waals surface area contributed by atoms with Gasteiger partial charge in [-0.15, -0.1) is 0 Å². The Bertz CT molecular complexity index is 383. The number of ether oxygens (including phenoxy) is 1. The summed E-state index contributed by atoms with van der Waals surface area (Å²) in [6.45, 7) is 3.81. The standard InChI is InChI=1S/C19H31NO/c1-6-12-20(13-7-1)14-19-17-10-3-2-8-15(17)16-9-4-5-11-18(16)21-19/h8,16-19H,1-7,9-14H2/t16-,17-,18+,19+/m1/s1. The fraction of sp³-hybridized carbons (Fsp3) is 0.895. The number of piperidine rings is 1. The molecular formula is C19H31NO. The second-order valence-corrected chi connectivity index (χ2v) is 7.71. The molecule has 2 heterocycles. The van der Waals surface area contributed by atoms with E-state index in [1.165, 1.54) is 83.8 Å². The minimum atomic E-state index is 0.494. The molecule has 2 aliphatic heterocycles. The van der Waals surface area contributed by atoms with Crippen LogP contribution in [0.1, 0.15) is 64.2 Å². The third-order valence-electron chi connectivity index (χ3n) is 6.34. The molecule has 0 N–H and O–H groups in total. The molecule has 2 nitrogen and oxygen atoms in total. The molecule has 3 fully saturated rings. The fourth-order valence-corrected chi connectivity index (χ4v) is 5.28. The summed E-state index contributed by atoms with van der Waals surface area (Å²) in [5.41, 5.74) is 1.82. The summed E-state index contributed by atoms with van der Waals surface area (Å²) in [6.07, 6.45) is 17.5. The first-order valence-electron chi connectivity index (χ1n) is 9.49. The summed E-state index contributed by atoms with van der Waals surface area (Å²) in [7, 11) is 0. The van der Waals surface area contributed by atoms with Crippen LogP contribution in [0.4, 0.5) is 0 Å². The molecule has 1 saturated carbocycles. The van der Waals surface area contributed by atoms with Crippen LogP contribution in [0.25, 0.3) is 0 Å². The molecule has 118 valence electrons. The average Bonchev–Trinajstić information content (AvgIpc) is 2.56. The Labute approximate surface area is 129 Å². The molecular weight excluding hydrogens is 258 g/mol. The van der Waals surface area contributed by atoms with Crippen molar-refractivity contribution in [1.29, 1.82) is 0 Å². The van der Waals surface area contributed by atoms with Gasteiger partial charge in [0.2, 0.25) is 0 Å². The third kappa shape index (κ3) is 2.94. The lowest BCUT2D eigenvalue weighted by Crippen LogP contribution is -2.50. The fourth-order valence-electron chi connectivity index (χ4n) is 5.28. The van der Waals surface area contributed by atoms with Crippen LogP contribution in [-0.4, -0.2) is 36.7 Å². The summed E-state index contributed by atoms with van der Waals surface area (Å²) < 4.78 is 6.68. The molecule has 0 unspecified atom stereocenters. The van der Waals surface area contributed by atoms with Gasteiger partial charge in [0.1, 0.15) is 0 Å². The van der Waals surface area contributed by atoms with E-state index in [0.29, 0.717) is 12.2 Å². The smallest absolute Gasteiger partial charge is 0.0771 e. The SMILES string of the molecule is C1=C2[C@H]3CCCC[C@@H]3O[C@@H](CN3CCCCC3)[C@@H]2CCC1. The predicted molar refractivity (Wildman–Crippen MR) is 86.3 cm³/mol. The molecule has 0 bridgehead atoms. The molecule has 0 spiro atoms. The molecule has 2 saturated heterocycles. The second kappa shape index (κ2) is 6.42. The second-order valence-electron chi connectivity index (χ2n) is 7.71. The summed E-state index contributed by atoms with van der Waals surface area (Å²) in [5.74, 6) is 1.53. The van der Waals surface area contributed by atoms with E-state index in [4.69, 9.17) is 4.74 Å². The van der Waals surface area contributed by atoms with E-state index in [2.05, 4.69) is 11.0 Å². The highest BCUT2D eigenvalue weighted by atomic mass is 16.5. The molecule has 0 aromatic carbocycles. The number of fused-ring (bicyclic) bond motifs is 3. The van der Waals surface area contributed by atoms with E-state index in [0.717, 1.165) is 11.8 Å². The number of hydrogen-bond acceptors (Lipinski definition) is 2. The van der Waals surface area contributed by atoms with Gasteiger partial charge in [-0.05, 0) is 58.0 Å². The Morgan fingerprint density at radius 1 is 0.905 bits per heavy atom. The molecule has 4 atom stereocenters. The van der Waals surface area contributed by atoms with Crippen LogP contribution in [-0.2, 0) is 4.74 Å². The molecule has 0 aromatic heterocycles. The van der Waals surface area contributed by atoms with E-state index < -0.39 is 0 Å². The van der Waals surface area contributed by atoms with Crippen LogP contribution in [0.5, 0.6) is 0 Å². The Hall–Kier alpha value is -0.340. The van der Waals surface area contributed by atoms with Crippen molar-refractivity contribution < 1.29 is 4.74 Å². The first-order chi connectivity index (χ1) is 10.4. The summed E-state index contributed by atoms with van der Waals surface area (Å²) in [6, 6.07) is 0. The highest BCUT2D eigenvalue weighted by molar-refractivity contribution is 5.20. The van der Waals surface area contributed by atoms with Crippen molar-refractivity contribution in [3.05, 3.63) is 11.6 Å². The topological polar surface area (TPSA) is 12.5 Å². The number of rotatable bonds is 2. The third-order valence-corrected chi connectivity index (χ3v) is 6.34. The van der Waals surface area contributed by atoms with Gasteiger partial charge in [0.05, 0.1) is 12.2 Å². The molecule has 2 heteroatoms. The highest BCUT2D eigenvalue weighted by Gasteiger charge is 2.43. The number of nitrogens with zero attached hydrogens (tertiary/aromatic N) is 1. The maximum atomic E-state index is 6.68. The monoisotopic (exact) mass is 289 g/mol. The summed E-state index contributed by atoms with van der Waals surface area (Å²) >= 11 is 0. The van der Waals surface area contributed by atoms with Gasteiger partial charge in [-0.25, -0.2) is 0 Å². The van der Waals surface area contributed by atoms with Gasteiger partial charge in [0.15, 0.2) is 0 Å².